The van der Waals surface area contributed by atoms with E-state index in [0.29, 0.717) is 6.29 Å². The summed E-state index contributed by atoms with van der Waals surface area (Å²) < 4.78 is 0. The molecule has 0 radical (unpaired) electrons. The van der Waals surface area contributed by atoms with Gasteiger partial charge < -0.3 is 0 Å². The van der Waals surface area contributed by atoms with Crippen molar-refractivity contribution in [2.24, 2.45) is 5.84 Å². The van der Waals surface area contributed by atoms with Crippen molar-refractivity contribution < 1.29 is 9.59 Å². The standard InChI is InChI=1S/C4H6N2O2/c5-6-4(8)2-1-3-7/h1-3H,5H2,(H,6,8). The molecule has 0 saturated carbocycles. The molecule has 0 unspecified atom stereocenters. The highest BCUT2D eigenvalue weighted by molar-refractivity contribution is 5.90. The maximum atomic E-state index is 10.1. The predicted octanol–water partition coefficient (Wildman–Crippen LogP) is -1.27. The molecule has 4 heteroatoms. The van der Waals surface area contributed by atoms with Crippen LogP contribution in [0, 0.1) is 0 Å². The molecule has 0 aromatic carbocycles. The molecule has 8 heavy (non-hydrogen) atoms. The quantitative estimate of drug-likeness (QED) is 0.154. The number of carbonyl (C=O) groups excluding carboxylic acids is 2. The molecule has 1 amide bonds. The van der Waals surface area contributed by atoms with Gasteiger partial charge in [-0.1, -0.05) is 0 Å². The Labute approximate surface area is 46.3 Å². The van der Waals surface area contributed by atoms with Gasteiger partial charge in [0, 0.05) is 6.08 Å². The molecule has 4 nitrogen and oxygen atoms in total. The first-order chi connectivity index (χ1) is 3.81. The summed E-state index contributed by atoms with van der Waals surface area (Å²) in [6, 6.07) is 0. The largest absolute Gasteiger partial charge is 0.299 e. The van der Waals surface area contributed by atoms with Crippen LogP contribution in [0.5, 0.6) is 0 Å². The van der Waals surface area contributed by atoms with E-state index < -0.39 is 5.91 Å². The molecule has 0 aliphatic heterocycles. The Hall–Kier alpha value is -1.16. The lowest BCUT2D eigenvalue weighted by molar-refractivity contribution is -0.116. The first kappa shape index (κ1) is 6.84. The molecule has 0 heterocycles. The number of allylic oxidation sites excluding steroid dienone is 1. The zero-order valence-corrected chi connectivity index (χ0v) is 4.13. The van der Waals surface area contributed by atoms with Gasteiger partial charge >= 0.3 is 0 Å². The van der Waals surface area contributed by atoms with Gasteiger partial charge in [-0.05, 0) is 6.08 Å². The van der Waals surface area contributed by atoms with E-state index in [-0.39, 0.29) is 0 Å². The molecule has 3 N–H and O–H groups in total. The summed E-state index contributed by atoms with van der Waals surface area (Å²) in [6.45, 7) is 0. The molecule has 0 bridgehead atoms. The van der Waals surface area contributed by atoms with Gasteiger partial charge in [-0.15, -0.1) is 0 Å². The van der Waals surface area contributed by atoms with Crippen molar-refractivity contribution in [1.29, 1.82) is 0 Å². The third-order valence-electron chi connectivity index (χ3n) is 0.468. The number of aldehydes is 1. The number of amides is 1. The maximum absolute atomic E-state index is 10.1. The second-order valence-corrected chi connectivity index (χ2v) is 1.00. The molecule has 0 aliphatic rings. The predicted molar refractivity (Wildman–Crippen MR) is 27.5 cm³/mol. The number of nitrogens with one attached hydrogen (secondary N) is 1. The van der Waals surface area contributed by atoms with Crippen LogP contribution in [-0.4, -0.2) is 12.2 Å². The van der Waals surface area contributed by atoms with Crippen LogP contribution in [0.25, 0.3) is 0 Å². The molecule has 0 saturated heterocycles. The minimum Gasteiger partial charge on any atom is -0.299 e. The van der Waals surface area contributed by atoms with E-state index in [0.717, 1.165) is 12.2 Å². The molecule has 0 spiro atoms. The second kappa shape index (κ2) is 4.01. The lowest BCUT2D eigenvalue weighted by atomic mass is 10.5. The van der Waals surface area contributed by atoms with Crippen molar-refractivity contribution in [3.05, 3.63) is 12.2 Å². The van der Waals surface area contributed by atoms with Gasteiger partial charge in [-0.3, -0.25) is 15.0 Å². The van der Waals surface area contributed by atoms with Crippen LogP contribution in [-0.2, 0) is 9.59 Å². The lowest BCUT2D eigenvalue weighted by Crippen LogP contribution is -2.27. The smallest absolute Gasteiger partial charge is 0.257 e. The number of rotatable bonds is 2. The van der Waals surface area contributed by atoms with Crippen molar-refractivity contribution in [2.75, 3.05) is 0 Å². The average Bonchev–Trinajstić information content (AvgIpc) is 1.83. The average molecular weight is 114 g/mol. The van der Waals surface area contributed by atoms with E-state index in [1.165, 1.54) is 0 Å². The van der Waals surface area contributed by atoms with Gasteiger partial charge in [-0.25, -0.2) is 5.84 Å². The maximum Gasteiger partial charge on any atom is 0.257 e. The highest BCUT2D eigenvalue weighted by atomic mass is 16.2. The van der Waals surface area contributed by atoms with E-state index in [4.69, 9.17) is 0 Å². The van der Waals surface area contributed by atoms with Crippen LogP contribution in [0.4, 0.5) is 0 Å². The Morgan fingerprint density at radius 2 is 2.25 bits per heavy atom. The Balaban J connectivity index is 3.52. The molecule has 0 atom stereocenters. The number of hydrazine groups is 1. The van der Waals surface area contributed by atoms with Crippen molar-refractivity contribution >= 4 is 12.2 Å². The number of hydrogen-bond donors (Lipinski definition) is 2. The fourth-order valence-corrected chi connectivity index (χ4v) is 0.175. The summed E-state index contributed by atoms with van der Waals surface area (Å²) in [5, 5.41) is 0. The van der Waals surface area contributed by atoms with Gasteiger partial charge in [0.25, 0.3) is 5.91 Å². The highest BCUT2D eigenvalue weighted by Gasteiger charge is 1.83. The van der Waals surface area contributed by atoms with E-state index in [1.807, 2.05) is 5.43 Å². The van der Waals surface area contributed by atoms with E-state index >= 15 is 0 Å². The SMILES string of the molecule is NNC(=O)C=CC=O. The fourth-order valence-electron chi connectivity index (χ4n) is 0.175. The number of nitrogens with two attached hydrogens (primary N) is 1. The Bertz CT molecular complexity index is 119. The van der Waals surface area contributed by atoms with Crippen molar-refractivity contribution in [3.63, 3.8) is 0 Å². The summed E-state index contributed by atoms with van der Waals surface area (Å²) in [5.41, 5.74) is 1.82. The molecular formula is C4H6N2O2. The molecule has 44 valence electrons. The third-order valence-corrected chi connectivity index (χ3v) is 0.468. The molecular weight excluding hydrogens is 108 g/mol. The summed E-state index contributed by atoms with van der Waals surface area (Å²) in [5.74, 6) is 4.16. The van der Waals surface area contributed by atoms with Gasteiger partial charge in [0.05, 0.1) is 0 Å². The summed E-state index contributed by atoms with van der Waals surface area (Å²) >= 11 is 0. The van der Waals surface area contributed by atoms with Crippen molar-refractivity contribution in [3.8, 4) is 0 Å². The highest BCUT2D eigenvalue weighted by Crippen LogP contribution is 1.63. The van der Waals surface area contributed by atoms with Crippen LogP contribution >= 0.6 is 0 Å². The van der Waals surface area contributed by atoms with Crippen molar-refractivity contribution in [2.45, 2.75) is 0 Å². The monoisotopic (exact) mass is 114 g/mol. The second-order valence-electron chi connectivity index (χ2n) is 1.00. The van der Waals surface area contributed by atoms with Gasteiger partial charge in [-0.2, -0.15) is 0 Å². The van der Waals surface area contributed by atoms with E-state index in [1.54, 1.807) is 0 Å². The molecule has 0 rings (SSSR count). The van der Waals surface area contributed by atoms with Crippen LogP contribution in [0.1, 0.15) is 0 Å². The van der Waals surface area contributed by atoms with Crippen LogP contribution < -0.4 is 11.3 Å². The van der Waals surface area contributed by atoms with Gasteiger partial charge in [0.15, 0.2) is 0 Å². The minimum atomic E-state index is -0.489. The topological polar surface area (TPSA) is 72.2 Å². The first-order valence-corrected chi connectivity index (χ1v) is 1.93. The summed E-state index contributed by atoms with van der Waals surface area (Å²) in [4.78, 5) is 19.6. The Morgan fingerprint density at radius 3 is 2.62 bits per heavy atom. The van der Waals surface area contributed by atoms with Crippen LogP contribution in [0.3, 0.4) is 0 Å². The Morgan fingerprint density at radius 1 is 1.62 bits per heavy atom. The zero-order valence-electron chi connectivity index (χ0n) is 4.13. The van der Waals surface area contributed by atoms with E-state index in [9.17, 15) is 9.59 Å². The van der Waals surface area contributed by atoms with Crippen LogP contribution in [0.15, 0.2) is 12.2 Å². The van der Waals surface area contributed by atoms with E-state index in [2.05, 4.69) is 5.84 Å². The third kappa shape index (κ3) is 3.05. The Kier molecular flexibility index (Phi) is 3.43. The fraction of sp³-hybridized carbons (Fsp3) is 0. The lowest BCUT2D eigenvalue weighted by Gasteiger charge is -1.84. The van der Waals surface area contributed by atoms with Crippen molar-refractivity contribution in [1.82, 2.24) is 5.43 Å². The summed E-state index contributed by atoms with van der Waals surface area (Å²) in [6.07, 6.45) is 2.59. The molecule has 0 aromatic rings. The zero-order chi connectivity index (χ0) is 6.41. The number of hydrogen-bond acceptors (Lipinski definition) is 3. The molecule has 0 aromatic heterocycles. The van der Waals surface area contributed by atoms with Crippen LogP contribution in [0.2, 0.25) is 0 Å². The number of carbonyl (C=O) groups is 2. The normalized spacial score (nSPS) is 9.12. The molecule has 0 fully saturated rings. The molecule has 0 aliphatic carbocycles. The summed E-state index contributed by atoms with van der Waals surface area (Å²) in [7, 11) is 0. The first-order valence-electron chi connectivity index (χ1n) is 1.93. The minimum absolute atomic E-state index is 0.489. The van der Waals surface area contributed by atoms with Gasteiger partial charge in [0.1, 0.15) is 6.29 Å². The van der Waals surface area contributed by atoms with Gasteiger partial charge in [0.2, 0.25) is 0 Å².